The van der Waals surface area contributed by atoms with E-state index in [9.17, 15) is 0 Å². The zero-order valence-electron chi connectivity index (χ0n) is 9.71. The third-order valence-corrected chi connectivity index (χ3v) is 3.04. The molecule has 84 valence electrons. The van der Waals surface area contributed by atoms with Crippen LogP contribution in [-0.2, 0) is 0 Å². The summed E-state index contributed by atoms with van der Waals surface area (Å²) in [5, 5.41) is 0. The van der Waals surface area contributed by atoms with Gasteiger partial charge in [-0.3, -0.25) is 4.90 Å². The molecule has 0 bridgehead atoms. The van der Waals surface area contributed by atoms with Crippen LogP contribution in [0.5, 0.6) is 0 Å². The Kier molecular flexibility index (Phi) is 5.45. The molecule has 14 heavy (non-hydrogen) atoms. The smallest absolute Gasteiger partial charge is 0.0195 e. The molecule has 1 fully saturated rings. The fourth-order valence-electron chi connectivity index (χ4n) is 2.21. The number of hydrogen-bond acceptors (Lipinski definition) is 3. The average Bonchev–Trinajstić information content (AvgIpc) is 2.19. The minimum atomic E-state index is 0.724. The lowest BCUT2D eigenvalue weighted by atomic mass is 10.1. The minimum absolute atomic E-state index is 0.724. The summed E-state index contributed by atoms with van der Waals surface area (Å²) in [6, 6.07) is 0.724. The highest BCUT2D eigenvalue weighted by Gasteiger charge is 2.21. The van der Waals surface area contributed by atoms with Crippen molar-refractivity contribution in [3.05, 3.63) is 0 Å². The van der Waals surface area contributed by atoms with Gasteiger partial charge in [0.25, 0.3) is 0 Å². The molecule has 3 heteroatoms. The van der Waals surface area contributed by atoms with Gasteiger partial charge in [-0.1, -0.05) is 6.92 Å². The molecule has 2 N–H and O–H groups in total. The van der Waals surface area contributed by atoms with Crippen LogP contribution in [0.3, 0.4) is 0 Å². The van der Waals surface area contributed by atoms with E-state index < -0.39 is 0 Å². The van der Waals surface area contributed by atoms with Crippen LogP contribution >= 0.6 is 0 Å². The molecule has 1 saturated heterocycles. The normalized spacial score (nSPS) is 25.5. The third-order valence-electron chi connectivity index (χ3n) is 3.04. The summed E-state index contributed by atoms with van der Waals surface area (Å²) >= 11 is 0. The molecule has 1 rings (SSSR count). The first kappa shape index (κ1) is 12.0. The number of nitrogens with two attached hydrogens (primary N) is 1. The van der Waals surface area contributed by atoms with Gasteiger partial charge in [-0.2, -0.15) is 0 Å². The lowest BCUT2D eigenvalue weighted by molar-refractivity contribution is 0.0834. The highest BCUT2D eigenvalue weighted by molar-refractivity contribution is 4.78. The van der Waals surface area contributed by atoms with Crippen LogP contribution in [0.15, 0.2) is 0 Å². The van der Waals surface area contributed by atoms with Gasteiger partial charge in [-0.25, -0.2) is 0 Å². The second-order valence-corrected chi connectivity index (χ2v) is 4.33. The Morgan fingerprint density at radius 2 is 2.07 bits per heavy atom. The van der Waals surface area contributed by atoms with Gasteiger partial charge in [0, 0.05) is 25.7 Å². The fourth-order valence-corrected chi connectivity index (χ4v) is 2.21. The van der Waals surface area contributed by atoms with Gasteiger partial charge in [0.15, 0.2) is 0 Å². The Bertz CT molecular complexity index is 149. The maximum absolute atomic E-state index is 5.52. The van der Waals surface area contributed by atoms with Gasteiger partial charge in [-0.15, -0.1) is 0 Å². The largest absolute Gasteiger partial charge is 0.330 e. The van der Waals surface area contributed by atoms with Gasteiger partial charge in [0.2, 0.25) is 0 Å². The highest BCUT2D eigenvalue weighted by Crippen LogP contribution is 2.09. The van der Waals surface area contributed by atoms with Crippen LogP contribution < -0.4 is 5.73 Å². The van der Waals surface area contributed by atoms with E-state index in [4.69, 9.17) is 5.73 Å². The highest BCUT2D eigenvalue weighted by atomic mass is 15.3. The molecular weight excluding hydrogens is 174 g/mol. The van der Waals surface area contributed by atoms with Crippen molar-refractivity contribution in [2.24, 2.45) is 5.73 Å². The molecule has 0 aromatic rings. The summed E-state index contributed by atoms with van der Waals surface area (Å²) in [6.07, 6.45) is 2.41. The first-order valence-corrected chi connectivity index (χ1v) is 5.94. The van der Waals surface area contributed by atoms with E-state index >= 15 is 0 Å². The van der Waals surface area contributed by atoms with Crippen molar-refractivity contribution in [1.29, 1.82) is 0 Å². The van der Waals surface area contributed by atoms with Gasteiger partial charge in [-0.05, 0) is 39.4 Å². The van der Waals surface area contributed by atoms with E-state index in [1.807, 2.05) is 0 Å². The molecule has 0 spiro atoms. The maximum Gasteiger partial charge on any atom is 0.0195 e. The molecule has 1 heterocycles. The molecule has 1 atom stereocenters. The Balaban J connectivity index is 2.24. The van der Waals surface area contributed by atoms with Crippen molar-refractivity contribution in [1.82, 2.24) is 9.80 Å². The number of hydrogen-bond donors (Lipinski definition) is 1. The molecule has 0 aliphatic carbocycles. The van der Waals surface area contributed by atoms with Crippen LogP contribution in [0.25, 0.3) is 0 Å². The van der Waals surface area contributed by atoms with Gasteiger partial charge in [0.1, 0.15) is 0 Å². The molecule has 3 nitrogen and oxygen atoms in total. The topological polar surface area (TPSA) is 32.5 Å². The standard InChI is InChI=1S/C11H25N3/c1-3-6-14-9-8-13(7-4-5-12)10-11(14)2/h11H,3-10,12H2,1-2H3. The lowest BCUT2D eigenvalue weighted by Crippen LogP contribution is -2.52. The first-order chi connectivity index (χ1) is 6.77. The van der Waals surface area contributed by atoms with E-state index in [-0.39, 0.29) is 0 Å². The van der Waals surface area contributed by atoms with Crippen molar-refractivity contribution in [2.75, 3.05) is 39.3 Å². The van der Waals surface area contributed by atoms with E-state index in [0.29, 0.717) is 0 Å². The Labute approximate surface area is 88.2 Å². The summed E-state index contributed by atoms with van der Waals surface area (Å²) in [5.41, 5.74) is 5.52. The molecule has 1 aliphatic heterocycles. The number of rotatable bonds is 5. The summed E-state index contributed by atoms with van der Waals surface area (Å²) in [6.45, 7) is 11.5. The molecule has 1 aliphatic rings. The molecule has 0 amide bonds. The van der Waals surface area contributed by atoms with Crippen LogP contribution in [-0.4, -0.2) is 55.1 Å². The van der Waals surface area contributed by atoms with Crippen molar-refractivity contribution >= 4 is 0 Å². The van der Waals surface area contributed by atoms with Crippen molar-refractivity contribution in [2.45, 2.75) is 32.7 Å². The summed E-state index contributed by atoms with van der Waals surface area (Å²) in [5.74, 6) is 0. The molecule has 0 radical (unpaired) electrons. The predicted molar refractivity (Wildman–Crippen MR) is 61.4 cm³/mol. The molecule has 0 saturated carbocycles. The van der Waals surface area contributed by atoms with Crippen LogP contribution in [0.2, 0.25) is 0 Å². The zero-order valence-corrected chi connectivity index (χ0v) is 9.71. The van der Waals surface area contributed by atoms with Crippen LogP contribution in [0.4, 0.5) is 0 Å². The SMILES string of the molecule is CCCN1CCN(CCCN)CC1C. The molecule has 1 unspecified atom stereocenters. The summed E-state index contributed by atoms with van der Waals surface area (Å²) in [7, 11) is 0. The summed E-state index contributed by atoms with van der Waals surface area (Å²) < 4.78 is 0. The average molecular weight is 199 g/mol. The van der Waals surface area contributed by atoms with E-state index in [0.717, 1.165) is 19.0 Å². The lowest BCUT2D eigenvalue weighted by Gasteiger charge is -2.39. The third kappa shape index (κ3) is 3.56. The maximum atomic E-state index is 5.52. The monoisotopic (exact) mass is 199 g/mol. The second-order valence-electron chi connectivity index (χ2n) is 4.33. The Hall–Kier alpha value is -0.120. The Morgan fingerprint density at radius 3 is 2.64 bits per heavy atom. The van der Waals surface area contributed by atoms with Crippen LogP contribution in [0.1, 0.15) is 26.7 Å². The fraction of sp³-hybridized carbons (Fsp3) is 1.00. The quantitative estimate of drug-likeness (QED) is 0.709. The van der Waals surface area contributed by atoms with Crippen LogP contribution in [0, 0.1) is 0 Å². The van der Waals surface area contributed by atoms with Crippen molar-refractivity contribution < 1.29 is 0 Å². The number of piperazine rings is 1. The molecule has 0 aromatic heterocycles. The van der Waals surface area contributed by atoms with E-state index in [1.165, 1.54) is 39.1 Å². The predicted octanol–water partition coefficient (Wildman–Crippen LogP) is 0.751. The minimum Gasteiger partial charge on any atom is -0.330 e. The second kappa shape index (κ2) is 6.38. The van der Waals surface area contributed by atoms with Gasteiger partial charge >= 0.3 is 0 Å². The van der Waals surface area contributed by atoms with E-state index in [2.05, 4.69) is 23.6 Å². The molecule has 0 aromatic carbocycles. The van der Waals surface area contributed by atoms with Crippen molar-refractivity contribution in [3.8, 4) is 0 Å². The summed E-state index contributed by atoms with van der Waals surface area (Å²) in [4.78, 5) is 5.14. The first-order valence-electron chi connectivity index (χ1n) is 5.94. The zero-order chi connectivity index (χ0) is 10.4. The van der Waals surface area contributed by atoms with Crippen molar-refractivity contribution in [3.63, 3.8) is 0 Å². The van der Waals surface area contributed by atoms with Gasteiger partial charge < -0.3 is 10.6 Å². The number of nitrogens with zero attached hydrogens (tertiary/aromatic N) is 2. The van der Waals surface area contributed by atoms with E-state index in [1.54, 1.807) is 0 Å². The Morgan fingerprint density at radius 1 is 1.29 bits per heavy atom. The molecular formula is C11H25N3. The van der Waals surface area contributed by atoms with Gasteiger partial charge in [0.05, 0.1) is 0 Å².